The van der Waals surface area contributed by atoms with Gasteiger partial charge in [-0.3, -0.25) is 10.1 Å². The maximum atomic E-state index is 12.4. The van der Waals surface area contributed by atoms with Crippen molar-refractivity contribution in [3.8, 4) is 11.5 Å². The van der Waals surface area contributed by atoms with Crippen molar-refractivity contribution in [1.82, 2.24) is 5.32 Å². The summed E-state index contributed by atoms with van der Waals surface area (Å²) < 4.78 is 16.5. The number of carbonyl (C=O) groups is 1. The van der Waals surface area contributed by atoms with Crippen molar-refractivity contribution in [2.45, 2.75) is 26.9 Å². The third-order valence-electron chi connectivity index (χ3n) is 3.49. The van der Waals surface area contributed by atoms with Crippen molar-refractivity contribution >= 4 is 28.9 Å². The molecule has 2 rings (SSSR count). The van der Waals surface area contributed by atoms with Crippen LogP contribution in [0.3, 0.4) is 0 Å². The summed E-state index contributed by atoms with van der Waals surface area (Å²) in [6.45, 7) is 7.45. The number of rotatable bonds is 9. The molecule has 0 aromatic heterocycles. The molecule has 0 saturated heterocycles. The fourth-order valence-electron chi connectivity index (χ4n) is 2.35. The first-order chi connectivity index (χ1) is 13.5. The minimum atomic E-state index is -0.309. The molecule has 7 heteroatoms. The first kappa shape index (κ1) is 21.7. The van der Waals surface area contributed by atoms with E-state index >= 15 is 0 Å². The summed E-state index contributed by atoms with van der Waals surface area (Å²) in [5.74, 6) is 1.02. The fraction of sp³-hybridized carbons (Fsp3) is 0.333. The van der Waals surface area contributed by atoms with Gasteiger partial charge in [0, 0.05) is 23.9 Å². The van der Waals surface area contributed by atoms with Gasteiger partial charge in [0.05, 0.1) is 12.7 Å². The van der Waals surface area contributed by atoms with Crippen LogP contribution >= 0.6 is 12.2 Å². The second kappa shape index (κ2) is 11.3. The van der Waals surface area contributed by atoms with Gasteiger partial charge in [0.2, 0.25) is 0 Å². The monoisotopic (exact) mass is 402 g/mol. The molecular formula is C21H26N2O4S. The molecule has 2 N–H and O–H groups in total. The molecule has 0 fully saturated rings. The molecule has 0 radical (unpaired) electrons. The number of benzene rings is 2. The van der Waals surface area contributed by atoms with Crippen LogP contribution in [0.25, 0.3) is 0 Å². The number of hydrogen-bond acceptors (Lipinski definition) is 5. The highest BCUT2D eigenvalue weighted by molar-refractivity contribution is 7.80. The Morgan fingerprint density at radius 3 is 2.57 bits per heavy atom. The number of thiocarbonyl (C=S) groups is 1. The molecule has 2 aromatic carbocycles. The summed E-state index contributed by atoms with van der Waals surface area (Å²) in [5.41, 5.74) is 1.19. The van der Waals surface area contributed by atoms with Gasteiger partial charge >= 0.3 is 0 Å². The second-order valence-corrected chi connectivity index (χ2v) is 6.58. The Morgan fingerprint density at radius 2 is 1.82 bits per heavy atom. The van der Waals surface area contributed by atoms with Crippen molar-refractivity contribution in [1.29, 1.82) is 0 Å². The molecule has 0 aliphatic heterocycles. The van der Waals surface area contributed by atoms with Crippen LogP contribution in [-0.4, -0.2) is 36.9 Å². The Morgan fingerprint density at radius 1 is 1.07 bits per heavy atom. The van der Waals surface area contributed by atoms with Gasteiger partial charge in [0.1, 0.15) is 18.1 Å². The molecule has 0 aliphatic rings. The lowest BCUT2D eigenvalue weighted by Gasteiger charge is -2.13. The SMILES string of the molecule is CCOCCOc1cccc(NC(=S)NC(=O)c2cccc(OC(C)C)c2)c1. The van der Waals surface area contributed by atoms with E-state index in [4.69, 9.17) is 26.4 Å². The van der Waals surface area contributed by atoms with Crippen LogP contribution in [0.5, 0.6) is 11.5 Å². The Labute approximate surface area is 171 Å². The van der Waals surface area contributed by atoms with E-state index in [2.05, 4.69) is 10.6 Å². The molecule has 6 nitrogen and oxygen atoms in total. The average Bonchev–Trinajstić information content (AvgIpc) is 2.65. The third-order valence-corrected chi connectivity index (χ3v) is 3.69. The van der Waals surface area contributed by atoms with Gasteiger partial charge in [-0.05, 0) is 63.3 Å². The maximum Gasteiger partial charge on any atom is 0.257 e. The number of hydrogen-bond donors (Lipinski definition) is 2. The number of anilines is 1. The lowest BCUT2D eigenvalue weighted by Crippen LogP contribution is -2.34. The van der Waals surface area contributed by atoms with Crippen LogP contribution in [0, 0.1) is 0 Å². The molecule has 0 unspecified atom stereocenters. The number of nitrogens with one attached hydrogen (secondary N) is 2. The van der Waals surface area contributed by atoms with Gasteiger partial charge in [-0.2, -0.15) is 0 Å². The van der Waals surface area contributed by atoms with Crippen LogP contribution in [0.2, 0.25) is 0 Å². The van der Waals surface area contributed by atoms with Crippen molar-refractivity contribution in [3.05, 3.63) is 54.1 Å². The number of amides is 1. The lowest BCUT2D eigenvalue weighted by molar-refractivity contribution is 0.0977. The van der Waals surface area contributed by atoms with Crippen LogP contribution in [0.1, 0.15) is 31.1 Å². The summed E-state index contributed by atoms with van der Waals surface area (Å²) in [7, 11) is 0. The second-order valence-electron chi connectivity index (χ2n) is 6.18. The van der Waals surface area contributed by atoms with Crippen molar-refractivity contribution in [2.24, 2.45) is 0 Å². The number of carbonyl (C=O) groups excluding carboxylic acids is 1. The van der Waals surface area contributed by atoms with Crippen molar-refractivity contribution in [2.75, 3.05) is 25.1 Å². The van der Waals surface area contributed by atoms with Crippen LogP contribution in [-0.2, 0) is 4.74 Å². The van der Waals surface area contributed by atoms with Gasteiger partial charge in [-0.1, -0.05) is 12.1 Å². The Hall–Kier alpha value is -2.64. The predicted molar refractivity (Wildman–Crippen MR) is 114 cm³/mol. The van der Waals surface area contributed by atoms with E-state index in [-0.39, 0.29) is 17.1 Å². The Kier molecular flexibility index (Phi) is 8.71. The summed E-state index contributed by atoms with van der Waals surface area (Å²) in [5, 5.41) is 5.86. The van der Waals surface area contributed by atoms with Gasteiger partial charge in [-0.15, -0.1) is 0 Å². The van der Waals surface area contributed by atoms with Gasteiger partial charge in [-0.25, -0.2) is 0 Å². The van der Waals surface area contributed by atoms with E-state index in [1.807, 2.05) is 51.1 Å². The summed E-state index contributed by atoms with van der Waals surface area (Å²) in [6, 6.07) is 14.3. The molecule has 28 heavy (non-hydrogen) atoms. The Bertz CT molecular complexity index is 795. The molecule has 0 heterocycles. The highest BCUT2D eigenvalue weighted by atomic mass is 32.1. The fourth-order valence-corrected chi connectivity index (χ4v) is 2.56. The zero-order valence-electron chi connectivity index (χ0n) is 16.4. The molecule has 0 saturated carbocycles. The smallest absolute Gasteiger partial charge is 0.257 e. The third kappa shape index (κ3) is 7.54. The standard InChI is InChI=1S/C21H26N2O4S/c1-4-25-11-12-26-18-9-6-8-17(14-18)22-21(28)23-20(24)16-7-5-10-19(13-16)27-15(2)3/h5-10,13-15H,4,11-12H2,1-3H3,(H2,22,23,24,28). The van der Waals surface area contributed by atoms with E-state index < -0.39 is 0 Å². The summed E-state index contributed by atoms with van der Waals surface area (Å²) >= 11 is 5.25. The minimum Gasteiger partial charge on any atom is -0.491 e. The van der Waals surface area contributed by atoms with Crippen molar-refractivity contribution in [3.63, 3.8) is 0 Å². The number of ether oxygens (including phenoxy) is 3. The van der Waals surface area contributed by atoms with E-state index in [9.17, 15) is 4.79 Å². The largest absolute Gasteiger partial charge is 0.491 e. The molecule has 2 aromatic rings. The zero-order valence-corrected chi connectivity index (χ0v) is 17.2. The topological polar surface area (TPSA) is 68.8 Å². The molecule has 1 amide bonds. The van der Waals surface area contributed by atoms with E-state index in [1.165, 1.54) is 0 Å². The lowest BCUT2D eigenvalue weighted by atomic mass is 10.2. The highest BCUT2D eigenvalue weighted by Gasteiger charge is 2.10. The normalized spacial score (nSPS) is 10.4. The van der Waals surface area contributed by atoms with Crippen LogP contribution in [0.4, 0.5) is 5.69 Å². The average molecular weight is 403 g/mol. The first-order valence-electron chi connectivity index (χ1n) is 9.17. The molecule has 0 atom stereocenters. The minimum absolute atomic E-state index is 0.0316. The quantitative estimate of drug-likeness (QED) is 0.488. The molecule has 0 spiro atoms. The van der Waals surface area contributed by atoms with E-state index in [1.54, 1.807) is 18.2 Å². The molecule has 0 aliphatic carbocycles. The predicted octanol–water partition coefficient (Wildman–Crippen LogP) is 4.02. The zero-order chi connectivity index (χ0) is 20.4. The van der Waals surface area contributed by atoms with E-state index in [0.29, 0.717) is 36.9 Å². The first-order valence-corrected chi connectivity index (χ1v) is 9.58. The maximum absolute atomic E-state index is 12.4. The summed E-state index contributed by atoms with van der Waals surface area (Å²) in [4.78, 5) is 12.4. The van der Waals surface area contributed by atoms with Crippen molar-refractivity contribution < 1.29 is 19.0 Å². The van der Waals surface area contributed by atoms with Gasteiger partial charge < -0.3 is 19.5 Å². The van der Waals surface area contributed by atoms with Gasteiger partial charge in [0.25, 0.3) is 5.91 Å². The Balaban J connectivity index is 1.90. The molecular weight excluding hydrogens is 376 g/mol. The molecule has 150 valence electrons. The van der Waals surface area contributed by atoms with Gasteiger partial charge in [0.15, 0.2) is 5.11 Å². The highest BCUT2D eigenvalue weighted by Crippen LogP contribution is 2.18. The van der Waals surface area contributed by atoms with Crippen LogP contribution < -0.4 is 20.1 Å². The van der Waals surface area contributed by atoms with Crippen LogP contribution in [0.15, 0.2) is 48.5 Å². The summed E-state index contributed by atoms with van der Waals surface area (Å²) in [6.07, 6.45) is 0.0316. The molecule has 0 bridgehead atoms. The van der Waals surface area contributed by atoms with E-state index in [0.717, 1.165) is 5.69 Å².